The highest BCUT2D eigenvalue weighted by molar-refractivity contribution is 7.92. The Morgan fingerprint density at radius 3 is 2.21 bits per heavy atom. The van der Waals surface area contributed by atoms with Crippen LogP contribution in [0.15, 0.2) is 54.6 Å². The normalized spacial score (nSPS) is 12.0. The molecule has 0 saturated heterocycles. The Kier molecular flexibility index (Phi) is 9.72. The van der Waals surface area contributed by atoms with E-state index in [2.05, 4.69) is 5.32 Å². The zero-order valence-corrected chi connectivity index (χ0v) is 20.5. The Balaban J connectivity index is 2.32. The molecule has 0 aliphatic heterocycles. The van der Waals surface area contributed by atoms with Crippen LogP contribution >= 0.6 is 0 Å². The summed E-state index contributed by atoms with van der Waals surface area (Å²) in [7, 11) is -3.76. The predicted molar refractivity (Wildman–Crippen MR) is 130 cm³/mol. The van der Waals surface area contributed by atoms with Gasteiger partial charge in [-0.15, -0.1) is 0 Å². The average molecular weight is 476 g/mol. The number of nitrogens with zero attached hydrogens (tertiary/aromatic N) is 2. The Morgan fingerprint density at radius 2 is 1.67 bits per heavy atom. The van der Waals surface area contributed by atoms with Crippen molar-refractivity contribution >= 4 is 27.5 Å². The number of nitrogens with one attached hydrogen (secondary N) is 1. The minimum absolute atomic E-state index is 0.182. The molecule has 2 amide bonds. The van der Waals surface area contributed by atoms with Crippen LogP contribution in [0, 0.1) is 0 Å². The number of carbonyl (C=O) groups is 2. The molecule has 8 nitrogen and oxygen atoms in total. The Hall–Kier alpha value is -3.07. The number of carbonyl (C=O) groups excluding carboxylic acids is 2. The molecule has 0 radical (unpaired) electrons. The summed E-state index contributed by atoms with van der Waals surface area (Å²) in [5.74, 6) is -0.154. The van der Waals surface area contributed by atoms with Gasteiger partial charge >= 0.3 is 0 Å². The highest BCUT2D eigenvalue weighted by Gasteiger charge is 2.29. The maximum Gasteiger partial charge on any atom is 0.244 e. The van der Waals surface area contributed by atoms with Gasteiger partial charge in [-0.05, 0) is 50.1 Å². The second-order valence-corrected chi connectivity index (χ2v) is 9.58. The summed E-state index contributed by atoms with van der Waals surface area (Å²) in [6, 6.07) is 15.0. The highest BCUT2D eigenvalue weighted by Crippen LogP contribution is 2.22. The molecule has 1 N–H and O–H groups in total. The lowest BCUT2D eigenvalue weighted by molar-refractivity contribution is -0.139. The summed E-state index contributed by atoms with van der Waals surface area (Å²) in [6.45, 7) is 6.19. The summed E-state index contributed by atoms with van der Waals surface area (Å²) in [5.41, 5.74) is 1.19. The summed E-state index contributed by atoms with van der Waals surface area (Å²) in [5, 5.41) is 2.81. The van der Waals surface area contributed by atoms with Crippen molar-refractivity contribution in [1.29, 1.82) is 0 Å². The van der Waals surface area contributed by atoms with Crippen LogP contribution in [0.4, 0.5) is 5.69 Å². The topological polar surface area (TPSA) is 96.0 Å². The Bertz CT molecular complexity index is 1010. The molecule has 2 rings (SSSR count). The van der Waals surface area contributed by atoms with Crippen molar-refractivity contribution in [3.05, 3.63) is 60.2 Å². The van der Waals surface area contributed by atoms with E-state index in [1.54, 1.807) is 31.2 Å². The van der Waals surface area contributed by atoms with Crippen LogP contribution in [0.1, 0.15) is 32.8 Å². The maximum absolute atomic E-state index is 13.4. The third-order valence-electron chi connectivity index (χ3n) is 5.03. The fraction of sp³-hybridized carbons (Fsp3) is 0.417. The van der Waals surface area contributed by atoms with E-state index in [1.165, 1.54) is 4.90 Å². The lowest BCUT2D eigenvalue weighted by Gasteiger charge is -2.31. The molecule has 1 unspecified atom stereocenters. The van der Waals surface area contributed by atoms with Crippen molar-refractivity contribution in [2.45, 2.75) is 39.8 Å². The van der Waals surface area contributed by atoms with Crippen LogP contribution in [0.2, 0.25) is 0 Å². The number of rotatable bonds is 12. The first-order chi connectivity index (χ1) is 15.7. The van der Waals surface area contributed by atoms with Crippen molar-refractivity contribution in [1.82, 2.24) is 10.2 Å². The molecular weight excluding hydrogens is 442 g/mol. The lowest BCUT2D eigenvalue weighted by Crippen LogP contribution is -2.51. The van der Waals surface area contributed by atoms with Gasteiger partial charge in [0.1, 0.15) is 18.3 Å². The highest BCUT2D eigenvalue weighted by atomic mass is 32.2. The SMILES string of the molecule is CCCNC(=O)C(C)N(Cc1ccccc1)C(=O)CN(c1ccc(OCC)cc1)S(C)(=O)=O. The number of anilines is 1. The van der Waals surface area contributed by atoms with Gasteiger partial charge in [-0.2, -0.15) is 0 Å². The number of hydrogen-bond acceptors (Lipinski definition) is 5. The van der Waals surface area contributed by atoms with Crippen molar-refractivity contribution in [2.24, 2.45) is 0 Å². The summed E-state index contributed by atoms with van der Waals surface area (Å²) in [6.07, 6.45) is 1.82. The van der Waals surface area contributed by atoms with Gasteiger partial charge in [-0.1, -0.05) is 37.3 Å². The van der Waals surface area contributed by atoms with E-state index < -0.39 is 28.5 Å². The predicted octanol–water partition coefficient (Wildman–Crippen LogP) is 2.79. The zero-order chi connectivity index (χ0) is 24.4. The first-order valence-corrected chi connectivity index (χ1v) is 12.8. The van der Waals surface area contributed by atoms with Crippen molar-refractivity contribution in [2.75, 3.05) is 30.3 Å². The molecule has 0 saturated carbocycles. The molecule has 33 heavy (non-hydrogen) atoms. The summed E-state index contributed by atoms with van der Waals surface area (Å²) < 4.78 is 31.6. The number of sulfonamides is 1. The van der Waals surface area contributed by atoms with Gasteiger partial charge in [-0.3, -0.25) is 13.9 Å². The van der Waals surface area contributed by atoms with Crippen molar-refractivity contribution in [3.8, 4) is 5.75 Å². The first kappa shape index (κ1) is 26.2. The molecular formula is C24H33N3O5S. The molecule has 9 heteroatoms. The Labute approximate surface area is 196 Å². The number of amides is 2. The summed E-state index contributed by atoms with van der Waals surface area (Å²) in [4.78, 5) is 27.4. The van der Waals surface area contributed by atoms with E-state index in [0.717, 1.165) is 22.5 Å². The maximum atomic E-state index is 13.4. The molecule has 1 atom stereocenters. The van der Waals surface area contributed by atoms with Crippen LogP contribution < -0.4 is 14.4 Å². The van der Waals surface area contributed by atoms with Crippen LogP contribution in [0.25, 0.3) is 0 Å². The zero-order valence-electron chi connectivity index (χ0n) is 19.7. The standard InChI is InChI=1S/C24H33N3O5S/c1-5-16-25-24(29)19(3)26(17-20-10-8-7-9-11-20)23(28)18-27(33(4,30)31)21-12-14-22(15-13-21)32-6-2/h7-15,19H,5-6,16-18H2,1-4H3,(H,25,29). The number of benzene rings is 2. The van der Waals surface area contributed by atoms with Gasteiger partial charge in [0.05, 0.1) is 18.6 Å². The largest absolute Gasteiger partial charge is 0.494 e. The quantitative estimate of drug-likeness (QED) is 0.509. The monoisotopic (exact) mass is 475 g/mol. The first-order valence-electron chi connectivity index (χ1n) is 11.0. The van der Waals surface area contributed by atoms with Gasteiger partial charge in [-0.25, -0.2) is 8.42 Å². The van der Waals surface area contributed by atoms with Crippen LogP contribution in [0.3, 0.4) is 0 Å². The molecule has 0 heterocycles. The molecule has 0 aliphatic carbocycles. The van der Waals surface area contributed by atoms with E-state index in [0.29, 0.717) is 24.6 Å². The van der Waals surface area contributed by atoms with Gasteiger partial charge < -0.3 is 15.0 Å². The molecule has 2 aromatic carbocycles. The van der Waals surface area contributed by atoms with Gasteiger partial charge in [0, 0.05) is 13.1 Å². The second kappa shape index (κ2) is 12.2. The third-order valence-corrected chi connectivity index (χ3v) is 6.17. The minimum Gasteiger partial charge on any atom is -0.494 e. The van der Waals surface area contributed by atoms with Crippen molar-refractivity contribution < 1.29 is 22.7 Å². The van der Waals surface area contributed by atoms with E-state index >= 15 is 0 Å². The fourth-order valence-electron chi connectivity index (χ4n) is 3.25. The third kappa shape index (κ3) is 7.78. The van der Waals surface area contributed by atoms with Crippen LogP contribution in [-0.4, -0.2) is 57.1 Å². The molecule has 0 bridgehead atoms. The second-order valence-electron chi connectivity index (χ2n) is 7.67. The van der Waals surface area contributed by atoms with Gasteiger partial charge in [0.25, 0.3) is 0 Å². The van der Waals surface area contributed by atoms with E-state index in [9.17, 15) is 18.0 Å². The van der Waals surface area contributed by atoms with Gasteiger partial charge in [0.2, 0.25) is 21.8 Å². The molecule has 2 aromatic rings. The van der Waals surface area contributed by atoms with E-state index in [1.807, 2.05) is 44.2 Å². The number of hydrogen-bond donors (Lipinski definition) is 1. The molecule has 0 aromatic heterocycles. The van der Waals surface area contributed by atoms with Crippen LogP contribution in [0.5, 0.6) is 5.75 Å². The average Bonchev–Trinajstić information content (AvgIpc) is 2.79. The fourth-order valence-corrected chi connectivity index (χ4v) is 4.10. The van der Waals surface area contributed by atoms with E-state index in [-0.39, 0.29) is 12.5 Å². The summed E-state index contributed by atoms with van der Waals surface area (Å²) >= 11 is 0. The van der Waals surface area contributed by atoms with Crippen LogP contribution in [-0.2, 0) is 26.2 Å². The molecule has 180 valence electrons. The molecule has 0 spiro atoms. The molecule has 0 fully saturated rings. The number of ether oxygens (including phenoxy) is 1. The minimum atomic E-state index is -3.76. The van der Waals surface area contributed by atoms with Gasteiger partial charge in [0.15, 0.2) is 0 Å². The smallest absolute Gasteiger partial charge is 0.244 e. The van der Waals surface area contributed by atoms with Crippen molar-refractivity contribution in [3.63, 3.8) is 0 Å². The lowest BCUT2D eigenvalue weighted by atomic mass is 10.1. The van der Waals surface area contributed by atoms with E-state index in [4.69, 9.17) is 4.74 Å². The Morgan fingerprint density at radius 1 is 1.03 bits per heavy atom. The molecule has 0 aliphatic rings.